The highest BCUT2D eigenvalue weighted by molar-refractivity contribution is 5.48. The van der Waals surface area contributed by atoms with Crippen LogP contribution in [0.15, 0.2) is 0 Å². The Balaban J connectivity index is 2.28. The first-order valence-corrected chi connectivity index (χ1v) is 5.37. The van der Waals surface area contributed by atoms with Crippen molar-refractivity contribution in [3.8, 4) is 0 Å². The van der Waals surface area contributed by atoms with E-state index in [2.05, 4.69) is 5.32 Å². The lowest BCUT2D eigenvalue weighted by molar-refractivity contribution is 0.380. The zero-order valence-electron chi connectivity index (χ0n) is 9.30. The number of benzene rings is 1. The van der Waals surface area contributed by atoms with Crippen LogP contribution in [0.4, 0.5) is 27.6 Å². The van der Waals surface area contributed by atoms with E-state index in [4.69, 9.17) is 5.73 Å². The highest BCUT2D eigenvalue weighted by atomic mass is 19.2. The van der Waals surface area contributed by atoms with Gasteiger partial charge in [-0.15, -0.1) is 0 Å². The van der Waals surface area contributed by atoms with Gasteiger partial charge in [-0.25, -0.2) is 22.0 Å². The van der Waals surface area contributed by atoms with Crippen LogP contribution in [0.25, 0.3) is 0 Å². The quantitative estimate of drug-likeness (QED) is 0.499. The molecule has 0 spiro atoms. The summed E-state index contributed by atoms with van der Waals surface area (Å²) in [5, 5.41) is 2.27. The Kier molecular flexibility index (Phi) is 3.18. The molecular weight excluding hydrogens is 255 g/mol. The maximum Gasteiger partial charge on any atom is 0.200 e. The third-order valence-electron chi connectivity index (χ3n) is 3.24. The minimum atomic E-state index is -2.16. The molecule has 2 nitrogen and oxygen atoms in total. The number of halogens is 5. The van der Waals surface area contributed by atoms with Crippen LogP contribution in [0, 0.1) is 34.5 Å². The summed E-state index contributed by atoms with van der Waals surface area (Å²) >= 11 is 0. The van der Waals surface area contributed by atoms with Gasteiger partial charge in [0, 0.05) is 6.54 Å². The molecule has 0 atom stereocenters. The number of anilines is 1. The summed E-state index contributed by atoms with van der Waals surface area (Å²) in [6.45, 7) is 0.386. The molecule has 0 heterocycles. The topological polar surface area (TPSA) is 38.0 Å². The maximum atomic E-state index is 13.3. The molecule has 0 unspecified atom stereocenters. The van der Waals surface area contributed by atoms with Gasteiger partial charge in [0.1, 0.15) is 5.69 Å². The molecule has 2 rings (SSSR count). The molecule has 0 bridgehead atoms. The number of hydrogen-bond donors (Lipinski definition) is 2. The zero-order valence-corrected chi connectivity index (χ0v) is 9.30. The van der Waals surface area contributed by atoms with Gasteiger partial charge < -0.3 is 11.1 Å². The maximum absolute atomic E-state index is 13.3. The minimum absolute atomic E-state index is 0.0852. The summed E-state index contributed by atoms with van der Waals surface area (Å²) in [5.41, 5.74) is 4.17. The highest BCUT2D eigenvalue weighted by Crippen LogP contribution is 2.44. The molecule has 1 fully saturated rings. The third kappa shape index (κ3) is 2.03. The summed E-state index contributed by atoms with van der Waals surface area (Å²) < 4.78 is 65.1. The van der Waals surface area contributed by atoms with E-state index in [1.165, 1.54) is 0 Å². The molecule has 1 aromatic rings. The van der Waals surface area contributed by atoms with Crippen LogP contribution in [0.3, 0.4) is 0 Å². The van der Waals surface area contributed by atoms with Crippen LogP contribution in [0.1, 0.15) is 12.8 Å². The Morgan fingerprint density at radius 3 is 1.72 bits per heavy atom. The van der Waals surface area contributed by atoms with Gasteiger partial charge in [-0.1, -0.05) is 0 Å². The monoisotopic (exact) mass is 266 g/mol. The highest BCUT2D eigenvalue weighted by Gasteiger charge is 2.41. The normalized spacial score (nSPS) is 16.8. The SMILES string of the molecule is NCC1(CNc2c(F)c(F)c(F)c(F)c2F)CC1. The van der Waals surface area contributed by atoms with Crippen LogP contribution in [0.2, 0.25) is 0 Å². The summed E-state index contributed by atoms with van der Waals surface area (Å²) in [6.07, 6.45) is 1.54. The van der Waals surface area contributed by atoms with E-state index in [1.807, 2.05) is 0 Å². The fourth-order valence-electron chi connectivity index (χ4n) is 1.67. The second-order valence-electron chi connectivity index (χ2n) is 4.50. The number of rotatable bonds is 4. The van der Waals surface area contributed by atoms with Crippen molar-refractivity contribution in [1.82, 2.24) is 0 Å². The molecule has 0 amide bonds. The molecule has 3 N–H and O–H groups in total. The average Bonchev–Trinajstić information content (AvgIpc) is 3.14. The summed E-state index contributed by atoms with van der Waals surface area (Å²) in [5.74, 6) is -9.75. The van der Waals surface area contributed by atoms with E-state index in [0.29, 0.717) is 6.54 Å². The average molecular weight is 266 g/mol. The van der Waals surface area contributed by atoms with Gasteiger partial charge >= 0.3 is 0 Å². The molecule has 0 radical (unpaired) electrons. The molecule has 0 aromatic heterocycles. The fraction of sp³-hybridized carbons (Fsp3) is 0.455. The van der Waals surface area contributed by atoms with Crippen molar-refractivity contribution in [1.29, 1.82) is 0 Å². The first kappa shape index (κ1) is 13.1. The predicted octanol–water partition coefficient (Wildman–Crippen LogP) is 2.53. The Morgan fingerprint density at radius 2 is 1.33 bits per heavy atom. The van der Waals surface area contributed by atoms with Gasteiger partial charge in [0.25, 0.3) is 0 Å². The smallest absolute Gasteiger partial charge is 0.200 e. The second kappa shape index (κ2) is 4.38. The van der Waals surface area contributed by atoms with E-state index in [0.717, 1.165) is 12.8 Å². The zero-order chi connectivity index (χ0) is 13.5. The first-order chi connectivity index (χ1) is 8.42. The van der Waals surface area contributed by atoms with Gasteiger partial charge in [0.15, 0.2) is 23.3 Å². The van der Waals surface area contributed by atoms with Crippen molar-refractivity contribution < 1.29 is 22.0 Å². The largest absolute Gasteiger partial charge is 0.380 e. The molecule has 1 aromatic carbocycles. The van der Waals surface area contributed by atoms with Crippen molar-refractivity contribution in [3.63, 3.8) is 0 Å². The lowest BCUT2D eigenvalue weighted by Gasteiger charge is -2.16. The van der Waals surface area contributed by atoms with Crippen molar-refractivity contribution in [2.45, 2.75) is 12.8 Å². The van der Waals surface area contributed by atoms with Gasteiger partial charge in [0.2, 0.25) is 5.82 Å². The molecule has 1 saturated carbocycles. The molecule has 100 valence electrons. The van der Waals surface area contributed by atoms with Crippen LogP contribution < -0.4 is 11.1 Å². The van der Waals surface area contributed by atoms with E-state index >= 15 is 0 Å². The van der Waals surface area contributed by atoms with Crippen molar-refractivity contribution in [2.75, 3.05) is 18.4 Å². The lowest BCUT2D eigenvalue weighted by Crippen LogP contribution is -2.25. The Morgan fingerprint density at radius 1 is 0.889 bits per heavy atom. The van der Waals surface area contributed by atoms with Crippen molar-refractivity contribution in [3.05, 3.63) is 29.1 Å². The molecule has 0 aliphatic heterocycles. The van der Waals surface area contributed by atoms with E-state index in [9.17, 15) is 22.0 Å². The third-order valence-corrected chi connectivity index (χ3v) is 3.24. The Labute approximate surface area is 100.0 Å². The molecule has 0 saturated heterocycles. The fourth-order valence-corrected chi connectivity index (χ4v) is 1.67. The second-order valence-corrected chi connectivity index (χ2v) is 4.50. The van der Waals surface area contributed by atoms with Crippen LogP contribution in [-0.4, -0.2) is 13.1 Å². The molecule has 1 aliphatic carbocycles. The van der Waals surface area contributed by atoms with Gasteiger partial charge in [0.05, 0.1) is 0 Å². The predicted molar refractivity (Wildman–Crippen MR) is 55.4 cm³/mol. The van der Waals surface area contributed by atoms with Crippen LogP contribution in [0.5, 0.6) is 0 Å². The van der Waals surface area contributed by atoms with Crippen molar-refractivity contribution >= 4 is 5.69 Å². The van der Waals surface area contributed by atoms with Crippen molar-refractivity contribution in [2.24, 2.45) is 11.1 Å². The van der Waals surface area contributed by atoms with Gasteiger partial charge in [-0.05, 0) is 24.8 Å². The van der Waals surface area contributed by atoms with E-state index < -0.39 is 34.8 Å². The summed E-state index contributed by atoms with van der Waals surface area (Å²) in [7, 11) is 0. The molecule has 7 heteroatoms. The van der Waals surface area contributed by atoms with Gasteiger partial charge in [-0.3, -0.25) is 0 Å². The standard InChI is InChI=1S/C11H11F5N2/c12-5-6(13)8(15)10(9(16)7(5)14)18-4-11(3-17)1-2-11/h18H,1-4,17H2. The molecule has 18 heavy (non-hydrogen) atoms. The van der Waals surface area contributed by atoms with Crippen LogP contribution >= 0.6 is 0 Å². The Hall–Kier alpha value is -1.37. The molecular formula is C11H11F5N2. The number of nitrogens with one attached hydrogen (secondary N) is 1. The van der Waals surface area contributed by atoms with E-state index in [1.54, 1.807) is 0 Å². The number of nitrogens with two attached hydrogens (primary N) is 1. The van der Waals surface area contributed by atoms with E-state index in [-0.39, 0.29) is 12.0 Å². The molecule has 1 aliphatic rings. The first-order valence-electron chi connectivity index (χ1n) is 5.37. The van der Waals surface area contributed by atoms with Gasteiger partial charge in [-0.2, -0.15) is 0 Å². The Bertz CT molecular complexity index is 456. The minimum Gasteiger partial charge on any atom is -0.380 e. The lowest BCUT2D eigenvalue weighted by atomic mass is 10.1. The number of hydrogen-bond acceptors (Lipinski definition) is 2. The summed E-state index contributed by atoms with van der Waals surface area (Å²) in [4.78, 5) is 0. The summed E-state index contributed by atoms with van der Waals surface area (Å²) in [6, 6.07) is 0. The van der Waals surface area contributed by atoms with Crippen LogP contribution in [-0.2, 0) is 0 Å².